The maximum Gasteiger partial charge on any atom is 0.309 e. The standard InChI is InChI=1S/C21H32O4/c1-3-5-10-14-24-20(22)17-19(16-18-12-8-7-9-13-18)21(23)25-15-11-6-4-2/h7-9,12-13,19H,3-6,10-11,14-17H2,1-2H3. The van der Waals surface area contributed by atoms with Crippen LogP contribution in [0.4, 0.5) is 0 Å². The van der Waals surface area contributed by atoms with Crippen LogP contribution in [0.3, 0.4) is 0 Å². The van der Waals surface area contributed by atoms with Gasteiger partial charge in [-0.2, -0.15) is 0 Å². The molecule has 0 fully saturated rings. The Morgan fingerprint density at radius 2 is 1.48 bits per heavy atom. The molecule has 0 saturated carbocycles. The van der Waals surface area contributed by atoms with Crippen molar-refractivity contribution in [1.29, 1.82) is 0 Å². The molecular formula is C21H32O4. The van der Waals surface area contributed by atoms with Crippen LogP contribution in [0.1, 0.15) is 64.4 Å². The van der Waals surface area contributed by atoms with Gasteiger partial charge in [0.1, 0.15) is 0 Å². The first-order valence-electron chi connectivity index (χ1n) is 9.53. The van der Waals surface area contributed by atoms with Gasteiger partial charge in [0, 0.05) is 0 Å². The molecule has 0 aliphatic rings. The van der Waals surface area contributed by atoms with E-state index in [-0.39, 0.29) is 18.4 Å². The van der Waals surface area contributed by atoms with Gasteiger partial charge in [0.15, 0.2) is 0 Å². The van der Waals surface area contributed by atoms with E-state index in [0.717, 1.165) is 44.1 Å². The van der Waals surface area contributed by atoms with E-state index < -0.39 is 5.92 Å². The molecule has 0 spiro atoms. The SMILES string of the molecule is CCCCCOC(=O)CC(Cc1ccccc1)C(=O)OCCCCC. The predicted octanol–water partition coefficient (Wildman–Crippen LogP) is 4.70. The highest BCUT2D eigenvalue weighted by Crippen LogP contribution is 2.16. The van der Waals surface area contributed by atoms with Gasteiger partial charge in [-0.3, -0.25) is 9.59 Å². The van der Waals surface area contributed by atoms with Crippen molar-refractivity contribution in [1.82, 2.24) is 0 Å². The molecular weight excluding hydrogens is 316 g/mol. The van der Waals surface area contributed by atoms with Crippen molar-refractivity contribution in [2.24, 2.45) is 5.92 Å². The largest absolute Gasteiger partial charge is 0.466 e. The zero-order valence-corrected chi connectivity index (χ0v) is 15.7. The summed E-state index contributed by atoms with van der Waals surface area (Å²) in [4.78, 5) is 24.5. The number of hydrogen-bond donors (Lipinski definition) is 0. The van der Waals surface area contributed by atoms with Crippen molar-refractivity contribution < 1.29 is 19.1 Å². The lowest BCUT2D eigenvalue weighted by atomic mass is 9.96. The van der Waals surface area contributed by atoms with E-state index in [9.17, 15) is 9.59 Å². The summed E-state index contributed by atoms with van der Waals surface area (Å²) < 4.78 is 10.6. The molecule has 4 nitrogen and oxygen atoms in total. The second-order valence-corrected chi connectivity index (χ2v) is 6.39. The Morgan fingerprint density at radius 3 is 2.08 bits per heavy atom. The molecule has 0 radical (unpaired) electrons. The van der Waals surface area contributed by atoms with E-state index in [1.165, 1.54) is 0 Å². The van der Waals surface area contributed by atoms with Crippen LogP contribution < -0.4 is 0 Å². The maximum atomic E-state index is 12.4. The number of rotatable bonds is 13. The number of carbonyl (C=O) groups is 2. The summed E-state index contributed by atoms with van der Waals surface area (Å²) in [5, 5.41) is 0. The number of unbranched alkanes of at least 4 members (excludes halogenated alkanes) is 4. The topological polar surface area (TPSA) is 52.6 Å². The number of esters is 2. The van der Waals surface area contributed by atoms with Crippen LogP contribution in [0.15, 0.2) is 30.3 Å². The average molecular weight is 348 g/mol. The average Bonchev–Trinajstić information content (AvgIpc) is 2.62. The highest BCUT2D eigenvalue weighted by Gasteiger charge is 2.24. The highest BCUT2D eigenvalue weighted by atomic mass is 16.5. The first-order valence-corrected chi connectivity index (χ1v) is 9.53. The van der Waals surface area contributed by atoms with Gasteiger partial charge in [0.2, 0.25) is 0 Å². The highest BCUT2D eigenvalue weighted by molar-refractivity contribution is 5.80. The van der Waals surface area contributed by atoms with E-state index in [1.54, 1.807) is 0 Å². The molecule has 0 amide bonds. The van der Waals surface area contributed by atoms with Gasteiger partial charge in [-0.05, 0) is 24.8 Å². The van der Waals surface area contributed by atoms with Gasteiger partial charge in [-0.15, -0.1) is 0 Å². The normalized spacial score (nSPS) is 11.8. The van der Waals surface area contributed by atoms with Crippen LogP contribution in [-0.2, 0) is 25.5 Å². The van der Waals surface area contributed by atoms with Gasteiger partial charge in [0.05, 0.1) is 25.6 Å². The molecule has 0 heterocycles. The summed E-state index contributed by atoms with van der Waals surface area (Å²) in [5.74, 6) is -1.10. The van der Waals surface area contributed by atoms with Crippen LogP contribution in [0.2, 0.25) is 0 Å². The Morgan fingerprint density at radius 1 is 0.880 bits per heavy atom. The van der Waals surface area contributed by atoms with Crippen molar-refractivity contribution in [2.75, 3.05) is 13.2 Å². The summed E-state index contributed by atoms with van der Waals surface area (Å²) in [6.07, 6.45) is 6.55. The van der Waals surface area contributed by atoms with Crippen molar-refractivity contribution in [3.63, 3.8) is 0 Å². The molecule has 140 valence electrons. The molecule has 1 aromatic carbocycles. The number of benzene rings is 1. The lowest BCUT2D eigenvalue weighted by molar-refractivity contribution is -0.155. The number of hydrogen-bond acceptors (Lipinski definition) is 4. The molecule has 0 saturated heterocycles. The molecule has 1 atom stereocenters. The summed E-state index contributed by atoms with van der Waals surface area (Å²) in [6.45, 7) is 5.06. The van der Waals surface area contributed by atoms with Gasteiger partial charge in [-0.25, -0.2) is 0 Å². The molecule has 1 aromatic rings. The molecule has 1 rings (SSSR count). The van der Waals surface area contributed by atoms with Crippen molar-refractivity contribution in [2.45, 2.75) is 65.2 Å². The maximum absolute atomic E-state index is 12.4. The minimum atomic E-state index is -0.484. The molecule has 0 aromatic heterocycles. The molecule has 1 unspecified atom stereocenters. The van der Waals surface area contributed by atoms with Crippen LogP contribution >= 0.6 is 0 Å². The second-order valence-electron chi connectivity index (χ2n) is 6.39. The van der Waals surface area contributed by atoms with Crippen molar-refractivity contribution in [3.8, 4) is 0 Å². The predicted molar refractivity (Wildman–Crippen MR) is 99.2 cm³/mol. The third-order valence-electron chi connectivity index (χ3n) is 4.07. The molecule has 0 aliphatic carbocycles. The van der Waals surface area contributed by atoms with Crippen LogP contribution in [0, 0.1) is 5.92 Å². The molecule has 4 heteroatoms. The van der Waals surface area contributed by atoms with Gasteiger partial charge in [-0.1, -0.05) is 69.9 Å². The summed E-state index contributed by atoms with van der Waals surface area (Å²) in [7, 11) is 0. The smallest absolute Gasteiger partial charge is 0.309 e. The minimum absolute atomic E-state index is 0.0770. The molecule has 0 N–H and O–H groups in total. The van der Waals surface area contributed by atoms with Crippen LogP contribution in [0.5, 0.6) is 0 Å². The second kappa shape index (κ2) is 13.5. The Labute approximate surface area is 151 Å². The zero-order valence-electron chi connectivity index (χ0n) is 15.7. The van der Waals surface area contributed by atoms with Crippen LogP contribution in [-0.4, -0.2) is 25.2 Å². The lowest BCUT2D eigenvalue weighted by Crippen LogP contribution is -2.24. The summed E-state index contributed by atoms with van der Waals surface area (Å²) in [6, 6.07) is 9.72. The van der Waals surface area contributed by atoms with Crippen LogP contribution in [0.25, 0.3) is 0 Å². The Hall–Kier alpha value is -1.84. The number of ether oxygens (including phenoxy) is 2. The van der Waals surface area contributed by atoms with E-state index in [1.807, 2.05) is 30.3 Å². The molecule has 25 heavy (non-hydrogen) atoms. The van der Waals surface area contributed by atoms with E-state index in [2.05, 4.69) is 13.8 Å². The van der Waals surface area contributed by atoms with Gasteiger partial charge >= 0.3 is 11.9 Å². The number of carbonyl (C=O) groups excluding carboxylic acids is 2. The first kappa shape index (κ1) is 21.2. The quantitative estimate of drug-likeness (QED) is 0.383. The Kier molecular flexibility index (Phi) is 11.4. The molecule has 0 bridgehead atoms. The zero-order chi connectivity index (χ0) is 18.3. The first-order chi connectivity index (χ1) is 12.2. The van der Waals surface area contributed by atoms with Crippen molar-refractivity contribution >= 4 is 11.9 Å². The fourth-order valence-electron chi connectivity index (χ4n) is 2.58. The van der Waals surface area contributed by atoms with Gasteiger partial charge in [0.25, 0.3) is 0 Å². The lowest BCUT2D eigenvalue weighted by Gasteiger charge is -2.16. The fourth-order valence-corrected chi connectivity index (χ4v) is 2.58. The monoisotopic (exact) mass is 348 g/mol. The third kappa shape index (κ3) is 9.90. The van der Waals surface area contributed by atoms with Crippen molar-refractivity contribution in [3.05, 3.63) is 35.9 Å². The minimum Gasteiger partial charge on any atom is -0.466 e. The third-order valence-corrected chi connectivity index (χ3v) is 4.07. The fraction of sp³-hybridized carbons (Fsp3) is 0.619. The summed E-state index contributed by atoms with van der Waals surface area (Å²) >= 11 is 0. The summed E-state index contributed by atoms with van der Waals surface area (Å²) in [5.41, 5.74) is 1.02. The van der Waals surface area contributed by atoms with Gasteiger partial charge < -0.3 is 9.47 Å². The molecule has 0 aliphatic heterocycles. The van der Waals surface area contributed by atoms with E-state index in [4.69, 9.17) is 9.47 Å². The Balaban J connectivity index is 2.54. The van der Waals surface area contributed by atoms with E-state index in [0.29, 0.717) is 19.6 Å². The van der Waals surface area contributed by atoms with E-state index >= 15 is 0 Å². The Bertz CT molecular complexity index is 484.